The predicted molar refractivity (Wildman–Crippen MR) is 104 cm³/mol. The summed E-state index contributed by atoms with van der Waals surface area (Å²) >= 11 is 9.66. The number of hydrogen-bond acceptors (Lipinski definition) is 1. The molecule has 0 unspecified atom stereocenters. The molecule has 0 aromatic heterocycles. The highest BCUT2D eigenvalue weighted by Crippen LogP contribution is 2.46. The Morgan fingerprint density at radius 1 is 0.875 bits per heavy atom. The molecule has 1 aliphatic rings. The van der Waals surface area contributed by atoms with Crippen molar-refractivity contribution in [3.05, 3.63) is 75.7 Å². The van der Waals surface area contributed by atoms with Gasteiger partial charge in [0.15, 0.2) is 0 Å². The largest absolute Gasteiger partial charge is 0.482 e. The maximum absolute atomic E-state index is 6.33. The monoisotopic (exact) mass is 398 g/mol. The molecule has 3 aromatic rings. The van der Waals surface area contributed by atoms with Gasteiger partial charge in [0.05, 0.1) is 0 Å². The third-order valence-electron chi connectivity index (χ3n) is 4.45. The van der Waals surface area contributed by atoms with Gasteiger partial charge in [0.2, 0.25) is 0 Å². The Morgan fingerprint density at radius 3 is 2.42 bits per heavy atom. The summed E-state index contributed by atoms with van der Waals surface area (Å²) in [7, 11) is 0. The van der Waals surface area contributed by atoms with Crippen molar-refractivity contribution < 1.29 is 4.74 Å². The van der Waals surface area contributed by atoms with Crippen molar-refractivity contribution >= 4 is 27.5 Å². The van der Waals surface area contributed by atoms with Gasteiger partial charge >= 0.3 is 0 Å². The summed E-state index contributed by atoms with van der Waals surface area (Å²) in [4.78, 5) is 0. The van der Waals surface area contributed by atoms with Crippen LogP contribution < -0.4 is 4.74 Å². The zero-order valence-electron chi connectivity index (χ0n) is 13.4. The van der Waals surface area contributed by atoms with Crippen LogP contribution in [0.1, 0.15) is 19.4 Å². The molecule has 1 aliphatic heterocycles. The molecular formula is C21H16BrClO. The SMILES string of the molecule is CC1(C)Oc2cc(-c3ccc(Cl)cc3Br)ccc2-c2ccccc21. The number of fused-ring (bicyclic) bond motifs is 3. The quantitative estimate of drug-likeness (QED) is 0.425. The maximum atomic E-state index is 6.33. The topological polar surface area (TPSA) is 9.23 Å². The lowest BCUT2D eigenvalue weighted by Gasteiger charge is -2.35. The lowest BCUT2D eigenvalue weighted by atomic mass is 9.85. The summed E-state index contributed by atoms with van der Waals surface area (Å²) in [5.74, 6) is 0.915. The molecule has 1 nitrogen and oxygen atoms in total. The van der Waals surface area contributed by atoms with E-state index in [1.165, 1.54) is 11.1 Å². The van der Waals surface area contributed by atoms with Gasteiger partial charge in [-0.05, 0) is 48.7 Å². The van der Waals surface area contributed by atoms with E-state index < -0.39 is 0 Å². The predicted octanol–water partition coefficient (Wildman–Crippen LogP) is 7.06. The highest BCUT2D eigenvalue weighted by molar-refractivity contribution is 9.10. The number of hydrogen-bond donors (Lipinski definition) is 0. The average molecular weight is 400 g/mol. The van der Waals surface area contributed by atoms with Crippen LogP contribution in [-0.2, 0) is 5.60 Å². The highest BCUT2D eigenvalue weighted by atomic mass is 79.9. The fourth-order valence-corrected chi connectivity index (χ4v) is 4.20. The first kappa shape index (κ1) is 15.7. The second-order valence-corrected chi connectivity index (χ2v) is 7.78. The molecule has 1 heterocycles. The molecular weight excluding hydrogens is 384 g/mol. The molecule has 0 spiro atoms. The molecule has 0 atom stereocenters. The fourth-order valence-electron chi connectivity index (χ4n) is 3.29. The fraction of sp³-hybridized carbons (Fsp3) is 0.143. The van der Waals surface area contributed by atoms with Gasteiger partial charge in [0, 0.05) is 20.6 Å². The number of benzene rings is 3. The van der Waals surface area contributed by atoms with Crippen molar-refractivity contribution in [1.29, 1.82) is 0 Å². The van der Waals surface area contributed by atoms with E-state index in [1.54, 1.807) is 0 Å². The summed E-state index contributed by atoms with van der Waals surface area (Å²) in [6.07, 6.45) is 0. The van der Waals surface area contributed by atoms with Gasteiger partial charge in [-0.3, -0.25) is 0 Å². The molecule has 4 rings (SSSR count). The smallest absolute Gasteiger partial charge is 0.129 e. The van der Waals surface area contributed by atoms with Crippen molar-refractivity contribution in [1.82, 2.24) is 0 Å². The molecule has 0 fully saturated rings. The summed E-state index contributed by atoms with van der Waals surface area (Å²) in [5, 5.41) is 0.717. The molecule has 3 aromatic carbocycles. The molecule has 0 aliphatic carbocycles. The normalized spacial score (nSPS) is 14.5. The standard InChI is InChI=1S/C21H16BrClO/c1-21(2)18-6-4-3-5-16(18)17-9-7-13(11-20(17)24-21)15-10-8-14(23)12-19(15)22/h3-12H,1-2H3. The second kappa shape index (κ2) is 5.65. The van der Waals surface area contributed by atoms with Crippen molar-refractivity contribution in [2.75, 3.05) is 0 Å². The van der Waals surface area contributed by atoms with E-state index in [4.69, 9.17) is 16.3 Å². The van der Waals surface area contributed by atoms with Crippen LogP contribution in [0.5, 0.6) is 5.75 Å². The summed E-state index contributed by atoms with van der Waals surface area (Å²) in [6, 6.07) is 20.7. The van der Waals surface area contributed by atoms with Crippen LogP contribution in [0.4, 0.5) is 0 Å². The van der Waals surface area contributed by atoms with Gasteiger partial charge in [0.25, 0.3) is 0 Å². The van der Waals surface area contributed by atoms with Crippen LogP contribution in [-0.4, -0.2) is 0 Å². The van der Waals surface area contributed by atoms with E-state index in [-0.39, 0.29) is 5.60 Å². The van der Waals surface area contributed by atoms with Crippen LogP contribution in [0.3, 0.4) is 0 Å². The minimum absolute atomic E-state index is 0.348. The van der Waals surface area contributed by atoms with Crippen molar-refractivity contribution in [2.24, 2.45) is 0 Å². The first-order chi connectivity index (χ1) is 11.5. The van der Waals surface area contributed by atoms with E-state index in [2.05, 4.69) is 72.2 Å². The Bertz CT molecular complexity index is 946. The number of ether oxygens (including phenoxy) is 1. The summed E-state index contributed by atoms with van der Waals surface area (Å²) in [5.41, 5.74) is 5.46. The molecule has 0 bridgehead atoms. The Hall–Kier alpha value is -1.77. The van der Waals surface area contributed by atoms with E-state index in [0.29, 0.717) is 0 Å². The summed E-state index contributed by atoms with van der Waals surface area (Å²) in [6.45, 7) is 4.22. The molecule has 24 heavy (non-hydrogen) atoms. The van der Waals surface area contributed by atoms with E-state index in [1.807, 2.05) is 18.2 Å². The van der Waals surface area contributed by atoms with Crippen LogP contribution >= 0.6 is 27.5 Å². The van der Waals surface area contributed by atoms with Crippen LogP contribution in [0.2, 0.25) is 5.02 Å². The van der Waals surface area contributed by atoms with E-state index in [9.17, 15) is 0 Å². The average Bonchev–Trinajstić information content (AvgIpc) is 2.54. The molecule has 0 saturated heterocycles. The number of halogens is 2. The zero-order chi connectivity index (χ0) is 16.9. The highest BCUT2D eigenvalue weighted by Gasteiger charge is 2.32. The van der Waals surface area contributed by atoms with E-state index in [0.717, 1.165) is 31.9 Å². The van der Waals surface area contributed by atoms with E-state index >= 15 is 0 Å². The van der Waals surface area contributed by atoms with Gasteiger partial charge in [-0.25, -0.2) is 0 Å². The van der Waals surface area contributed by atoms with Crippen LogP contribution in [0, 0.1) is 0 Å². The van der Waals surface area contributed by atoms with Crippen molar-refractivity contribution in [3.63, 3.8) is 0 Å². The lowest BCUT2D eigenvalue weighted by molar-refractivity contribution is 0.106. The molecule has 0 N–H and O–H groups in total. The summed E-state index contributed by atoms with van der Waals surface area (Å²) < 4.78 is 7.31. The Morgan fingerprint density at radius 2 is 1.62 bits per heavy atom. The first-order valence-electron chi connectivity index (χ1n) is 7.84. The van der Waals surface area contributed by atoms with Crippen molar-refractivity contribution in [3.8, 4) is 28.0 Å². The second-order valence-electron chi connectivity index (χ2n) is 6.49. The Kier molecular flexibility index (Phi) is 3.70. The molecule has 3 heteroatoms. The van der Waals surface area contributed by atoms with Gasteiger partial charge in [0.1, 0.15) is 11.4 Å². The zero-order valence-corrected chi connectivity index (χ0v) is 15.8. The van der Waals surface area contributed by atoms with Gasteiger partial charge in [-0.1, -0.05) is 70.0 Å². The van der Waals surface area contributed by atoms with Crippen LogP contribution in [0.15, 0.2) is 65.1 Å². The minimum Gasteiger partial charge on any atom is -0.482 e. The molecule has 0 radical (unpaired) electrons. The van der Waals surface area contributed by atoms with Gasteiger partial charge < -0.3 is 4.74 Å². The molecule has 0 saturated carbocycles. The molecule has 120 valence electrons. The van der Waals surface area contributed by atoms with Gasteiger partial charge in [-0.2, -0.15) is 0 Å². The third kappa shape index (κ3) is 2.54. The van der Waals surface area contributed by atoms with Crippen molar-refractivity contribution in [2.45, 2.75) is 19.4 Å². The van der Waals surface area contributed by atoms with Crippen LogP contribution in [0.25, 0.3) is 22.3 Å². The van der Waals surface area contributed by atoms with Gasteiger partial charge in [-0.15, -0.1) is 0 Å². The Balaban J connectivity index is 1.89. The third-order valence-corrected chi connectivity index (χ3v) is 5.35. The maximum Gasteiger partial charge on any atom is 0.129 e. The Labute approximate surface area is 155 Å². The molecule has 0 amide bonds. The minimum atomic E-state index is -0.348. The lowest BCUT2D eigenvalue weighted by Crippen LogP contribution is -2.29. The first-order valence-corrected chi connectivity index (χ1v) is 9.01. The number of rotatable bonds is 1.